The molecule has 150 valence electrons. The highest BCUT2D eigenvalue weighted by atomic mass is 19.1. The predicted octanol–water partition coefficient (Wildman–Crippen LogP) is 2.36. The van der Waals surface area contributed by atoms with Crippen LogP contribution < -0.4 is 5.32 Å². The molecule has 0 saturated heterocycles. The number of benzene rings is 2. The number of ether oxygens (including phenoxy) is 2. The van der Waals surface area contributed by atoms with E-state index < -0.39 is 36.3 Å². The van der Waals surface area contributed by atoms with Crippen molar-refractivity contribution in [3.8, 4) is 0 Å². The molecule has 0 saturated carbocycles. The van der Waals surface area contributed by atoms with Crippen LogP contribution in [0.2, 0.25) is 0 Å². The van der Waals surface area contributed by atoms with E-state index in [4.69, 9.17) is 9.47 Å². The maximum Gasteiger partial charge on any atom is 0.338 e. The first-order valence-electron chi connectivity index (χ1n) is 8.83. The molecule has 0 radical (unpaired) electrons. The lowest BCUT2D eigenvalue weighted by molar-refractivity contribution is -0.145. The van der Waals surface area contributed by atoms with Gasteiger partial charge in [-0.25, -0.2) is 14.0 Å². The second-order valence-electron chi connectivity index (χ2n) is 6.29. The number of fused-ring (bicyclic) bond motifs is 1. The topological polar surface area (TPSA) is 97.5 Å². The first-order chi connectivity index (χ1) is 14.0. The molecule has 8 heteroatoms. The Balaban J connectivity index is 1.63. The van der Waals surface area contributed by atoms with Gasteiger partial charge in [0.05, 0.1) is 12.7 Å². The highest BCUT2D eigenvalue weighted by molar-refractivity contribution is 5.92. The highest BCUT2D eigenvalue weighted by Gasteiger charge is 2.24. The van der Waals surface area contributed by atoms with Crippen LogP contribution in [0.3, 0.4) is 0 Å². The molecule has 2 aromatic carbocycles. The van der Waals surface area contributed by atoms with E-state index in [2.05, 4.69) is 10.3 Å². The third-order valence-corrected chi connectivity index (χ3v) is 4.31. The highest BCUT2D eigenvalue weighted by Crippen LogP contribution is 2.19. The number of esters is 2. The summed E-state index contributed by atoms with van der Waals surface area (Å²) in [6.45, 7) is -0.614. The van der Waals surface area contributed by atoms with Crippen LogP contribution in [-0.2, 0) is 25.5 Å². The third kappa shape index (κ3) is 4.98. The Morgan fingerprint density at radius 3 is 2.69 bits per heavy atom. The van der Waals surface area contributed by atoms with Crippen molar-refractivity contribution in [3.63, 3.8) is 0 Å². The van der Waals surface area contributed by atoms with E-state index in [1.54, 1.807) is 6.20 Å². The van der Waals surface area contributed by atoms with E-state index in [9.17, 15) is 18.8 Å². The van der Waals surface area contributed by atoms with Gasteiger partial charge in [0.15, 0.2) is 6.61 Å². The molecule has 0 bridgehead atoms. The van der Waals surface area contributed by atoms with Crippen LogP contribution in [0.1, 0.15) is 15.9 Å². The fourth-order valence-electron chi connectivity index (χ4n) is 2.92. The molecule has 0 spiro atoms. The smallest absolute Gasteiger partial charge is 0.338 e. The summed E-state index contributed by atoms with van der Waals surface area (Å²) in [6, 6.07) is 11.5. The molecule has 0 fully saturated rings. The second-order valence-corrected chi connectivity index (χ2v) is 6.29. The molecule has 1 atom stereocenters. The fourth-order valence-corrected chi connectivity index (χ4v) is 2.92. The van der Waals surface area contributed by atoms with E-state index in [1.807, 2.05) is 24.3 Å². The Morgan fingerprint density at radius 2 is 1.93 bits per heavy atom. The van der Waals surface area contributed by atoms with Crippen LogP contribution in [0.5, 0.6) is 0 Å². The summed E-state index contributed by atoms with van der Waals surface area (Å²) in [7, 11) is 1.22. The van der Waals surface area contributed by atoms with Gasteiger partial charge in [-0.1, -0.05) is 24.3 Å². The molecule has 3 aromatic rings. The molecular formula is C21H19FN2O5. The average molecular weight is 398 g/mol. The number of hydrogen-bond donors (Lipinski definition) is 2. The third-order valence-electron chi connectivity index (χ3n) is 4.31. The number of aromatic amines is 1. The molecule has 0 aliphatic carbocycles. The van der Waals surface area contributed by atoms with Crippen LogP contribution in [0.15, 0.2) is 54.7 Å². The van der Waals surface area contributed by atoms with Crippen molar-refractivity contribution in [2.45, 2.75) is 12.5 Å². The molecule has 1 amide bonds. The van der Waals surface area contributed by atoms with Gasteiger partial charge in [-0.05, 0) is 29.8 Å². The minimum absolute atomic E-state index is 0.0129. The number of carbonyl (C=O) groups is 3. The number of amides is 1. The summed E-state index contributed by atoms with van der Waals surface area (Å²) in [5.74, 6) is -2.73. The minimum atomic E-state index is -0.959. The zero-order valence-electron chi connectivity index (χ0n) is 15.6. The van der Waals surface area contributed by atoms with Crippen LogP contribution in [0, 0.1) is 5.82 Å². The zero-order chi connectivity index (χ0) is 20.8. The Kier molecular flexibility index (Phi) is 6.23. The summed E-state index contributed by atoms with van der Waals surface area (Å²) >= 11 is 0. The van der Waals surface area contributed by atoms with Gasteiger partial charge >= 0.3 is 11.9 Å². The summed E-state index contributed by atoms with van der Waals surface area (Å²) in [6.07, 6.45) is 1.96. The maximum atomic E-state index is 13.2. The number of para-hydroxylation sites is 1. The molecule has 1 heterocycles. The summed E-state index contributed by atoms with van der Waals surface area (Å²) in [5, 5.41) is 3.43. The van der Waals surface area contributed by atoms with Crippen molar-refractivity contribution >= 4 is 28.7 Å². The van der Waals surface area contributed by atoms with Crippen LogP contribution >= 0.6 is 0 Å². The van der Waals surface area contributed by atoms with Gasteiger partial charge in [0.2, 0.25) is 0 Å². The zero-order valence-corrected chi connectivity index (χ0v) is 15.6. The maximum absolute atomic E-state index is 13.2. The largest absolute Gasteiger partial charge is 0.467 e. The van der Waals surface area contributed by atoms with Gasteiger partial charge in [0.25, 0.3) is 5.91 Å². The van der Waals surface area contributed by atoms with Crippen molar-refractivity contribution in [1.29, 1.82) is 0 Å². The Morgan fingerprint density at radius 1 is 1.14 bits per heavy atom. The van der Waals surface area contributed by atoms with Crippen LogP contribution in [-0.4, -0.2) is 42.6 Å². The van der Waals surface area contributed by atoms with Gasteiger partial charge < -0.3 is 19.8 Å². The summed E-state index contributed by atoms with van der Waals surface area (Å²) in [5.41, 5.74) is 1.72. The lowest BCUT2D eigenvalue weighted by Gasteiger charge is -2.16. The molecule has 1 aromatic heterocycles. The molecule has 29 heavy (non-hydrogen) atoms. The molecule has 3 rings (SSSR count). The van der Waals surface area contributed by atoms with E-state index in [-0.39, 0.29) is 12.0 Å². The number of hydrogen-bond acceptors (Lipinski definition) is 5. The second kappa shape index (κ2) is 9.01. The van der Waals surface area contributed by atoms with Gasteiger partial charge in [-0.3, -0.25) is 4.79 Å². The standard InChI is InChI=1S/C21H19FN2O5/c1-28-21(27)18(10-14-11-23-17-8-3-2-7-16(14)17)24-19(25)12-29-20(26)13-5-4-6-15(22)9-13/h2-9,11,18,23H,10,12H2,1H3,(H,24,25)/t18-/m0/s1. The number of aromatic nitrogens is 1. The normalized spacial score (nSPS) is 11.7. The summed E-state index contributed by atoms with van der Waals surface area (Å²) in [4.78, 5) is 39.3. The monoisotopic (exact) mass is 398 g/mol. The molecule has 0 unspecified atom stereocenters. The Labute approximate surface area is 165 Å². The molecule has 7 nitrogen and oxygen atoms in total. The van der Waals surface area contributed by atoms with E-state index in [1.165, 1.54) is 25.3 Å². The van der Waals surface area contributed by atoms with E-state index >= 15 is 0 Å². The first-order valence-corrected chi connectivity index (χ1v) is 8.83. The van der Waals surface area contributed by atoms with Gasteiger partial charge in [-0.2, -0.15) is 0 Å². The SMILES string of the molecule is COC(=O)[C@H](Cc1c[nH]c2ccccc12)NC(=O)COC(=O)c1cccc(F)c1. The molecular weight excluding hydrogens is 379 g/mol. The number of nitrogens with one attached hydrogen (secondary N) is 2. The fraction of sp³-hybridized carbons (Fsp3) is 0.190. The van der Waals surface area contributed by atoms with Crippen molar-refractivity contribution in [1.82, 2.24) is 10.3 Å². The van der Waals surface area contributed by atoms with E-state index in [0.29, 0.717) is 0 Å². The van der Waals surface area contributed by atoms with Gasteiger partial charge in [-0.15, -0.1) is 0 Å². The van der Waals surface area contributed by atoms with Crippen molar-refractivity contribution in [2.75, 3.05) is 13.7 Å². The van der Waals surface area contributed by atoms with Crippen molar-refractivity contribution in [3.05, 3.63) is 71.7 Å². The number of carbonyl (C=O) groups excluding carboxylic acids is 3. The van der Waals surface area contributed by atoms with Crippen molar-refractivity contribution < 1.29 is 28.2 Å². The van der Waals surface area contributed by atoms with Gasteiger partial charge in [0, 0.05) is 23.5 Å². The summed E-state index contributed by atoms with van der Waals surface area (Å²) < 4.78 is 22.8. The number of H-pyrrole nitrogens is 1. The number of rotatable bonds is 7. The minimum Gasteiger partial charge on any atom is -0.467 e. The first kappa shape index (κ1) is 20.1. The van der Waals surface area contributed by atoms with Crippen LogP contribution in [0.4, 0.5) is 4.39 Å². The number of halogens is 1. The van der Waals surface area contributed by atoms with Crippen LogP contribution in [0.25, 0.3) is 10.9 Å². The number of methoxy groups -OCH3 is 1. The quantitative estimate of drug-likeness (QED) is 0.596. The lowest BCUT2D eigenvalue weighted by Crippen LogP contribution is -2.44. The van der Waals surface area contributed by atoms with E-state index in [0.717, 1.165) is 22.5 Å². The Hall–Kier alpha value is -3.68. The molecule has 0 aliphatic rings. The Bertz CT molecular complexity index is 1050. The lowest BCUT2D eigenvalue weighted by atomic mass is 10.0. The van der Waals surface area contributed by atoms with Gasteiger partial charge in [0.1, 0.15) is 11.9 Å². The predicted molar refractivity (Wildman–Crippen MR) is 103 cm³/mol. The molecule has 2 N–H and O–H groups in total. The van der Waals surface area contributed by atoms with Crippen molar-refractivity contribution in [2.24, 2.45) is 0 Å². The average Bonchev–Trinajstić information content (AvgIpc) is 3.14. The molecule has 0 aliphatic heterocycles.